The first-order valence-electron chi connectivity index (χ1n) is 5.86. The zero-order valence-electron chi connectivity index (χ0n) is 10.9. The minimum atomic E-state index is -2.63. The Labute approximate surface area is 154 Å². The van der Waals surface area contributed by atoms with Crippen molar-refractivity contribution < 1.29 is 13.6 Å². The highest BCUT2D eigenvalue weighted by Gasteiger charge is 2.21. The van der Waals surface area contributed by atoms with Crippen LogP contribution >= 0.6 is 58.2 Å². The molecular weight excluding hydrogens is 412 g/mol. The molecule has 0 aliphatic heterocycles. The second-order valence-corrected chi connectivity index (χ2v) is 6.55. The van der Waals surface area contributed by atoms with Crippen molar-refractivity contribution >= 4 is 69.8 Å². The van der Waals surface area contributed by atoms with Crippen LogP contribution in [0, 0.1) is 0 Å². The van der Waals surface area contributed by atoms with Crippen LogP contribution in [0.15, 0.2) is 29.2 Å². The van der Waals surface area contributed by atoms with Crippen molar-refractivity contribution in [2.75, 3.05) is 5.32 Å². The number of aromatic nitrogens is 1. The molecule has 1 heterocycles. The summed E-state index contributed by atoms with van der Waals surface area (Å²) in [6, 6.07) is 6.07. The average Bonchev–Trinajstić information content (AvgIpc) is 2.50. The van der Waals surface area contributed by atoms with Crippen LogP contribution in [0.5, 0.6) is 0 Å². The van der Waals surface area contributed by atoms with Crippen LogP contribution in [0.3, 0.4) is 0 Å². The number of amides is 1. The molecule has 23 heavy (non-hydrogen) atoms. The van der Waals surface area contributed by atoms with Gasteiger partial charge in [-0.1, -0.05) is 70.3 Å². The van der Waals surface area contributed by atoms with Crippen molar-refractivity contribution in [3.05, 3.63) is 50.2 Å². The van der Waals surface area contributed by atoms with Gasteiger partial charge in [-0.15, -0.1) is 0 Å². The fourth-order valence-corrected chi connectivity index (χ4v) is 3.00. The number of para-hydroxylation sites is 1. The Balaban J connectivity index is 2.34. The number of hydrogen-bond acceptors (Lipinski definition) is 3. The highest BCUT2D eigenvalue weighted by Crippen LogP contribution is 2.37. The second-order valence-electron chi connectivity index (χ2n) is 4.02. The predicted molar refractivity (Wildman–Crippen MR) is 90.5 cm³/mol. The molecule has 10 heteroatoms. The number of benzene rings is 1. The first-order valence-corrected chi connectivity index (χ1v) is 8.25. The Hall–Kier alpha value is -0.790. The lowest BCUT2D eigenvalue weighted by atomic mass is 10.3. The fraction of sp³-hybridized carbons (Fsp3) is 0.0769. The van der Waals surface area contributed by atoms with Crippen LogP contribution in [0.2, 0.25) is 20.2 Å². The van der Waals surface area contributed by atoms with Gasteiger partial charge in [0.15, 0.2) is 0 Å². The minimum Gasteiger partial charge on any atom is -0.320 e. The summed E-state index contributed by atoms with van der Waals surface area (Å²) in [5.41, 5.74) is -0.0780. The molecule has 0 spiro atoms. The standard InChI is InChI=1S/C13H6Cl4F2N2OS/c14-7-8(15)10(21-11(17)9(7)16)12(22)20-5-3-1-2-4-6(5)23-13(18)19/h1-4,13H,(H,20,22). The van der Waals surface area contributed by atoms with Gasteiger partial charge in [0.25, 0.3) is 11.7 Å². The van der Waals surface area contributed by atoms with Crippen molar-refractivity contribution in [1.82, 2.24) is 4.98 Å². The van der Waals surface area contributed by atoms with E-state index in [0.717, 1.165) is 0 Å². The molecule has 1 aromatic carbocycles. The van der Waals surface area contributed by atoms with Crippen LogP contribution in [0.4, 0.5) is 14.5 Å². The lowest BCUT2D eigenvalue weighted by Crippen LogP contribution is -2.15. The van der Waals surface area contributed by atoms with Crippen molar-refractivity contribution in [3.63, 3.8) is 0 Å². The molecule has 0 fully saturated rings. The van der Waals surface area contributed by atoms with Gasteiger partial charge in [-0.05, 0) is 12.1 Å². The summed E-state index contributed by atoms with van der Waals surface area (Å²) in [7, 11) is 0. The monoisotopic (exact) mass is 416 g/mol. The Bertz CT molecular complexity index is 761. The van der Waals surface area contributed by atoms with Crippen LogP contribution < -0.4 is 5.32 Å². The Morgan fingerprint density at radius 2 is 1.74 bits per heavy atom. The first-order chi connectivity index (χ1) is 10.8. The van der Waals surface area contributed by atoms with Crippen molar-refractivity contribution in [2.45, 2.75) is 10.7 Å². The third-order valence-corrected chi connectivity index (χ3v) is 5.02. The molecule has 1 amide bonds. The van der Waals surface area contributed by atoms with E-state index < -0.39 is 11.7 Å². The molecule has 3 nitrogen and oxygen atoms in total. The van der Waals surface area contributed by atoms with Gasteiger partial charge in [0.1, 0.15) is 10.8 Å². The molecule has 0 unspecified atom stereocenters. The average molecular weight is 418 g/mol. The van der Waals surface area contributed by atoms with Gasteiger partial charge in [-0.2, -0.15) is 8.78 Å². The molecular formula is C13H6Cl4F2N2OS. The summed E-state index contributed by atoms with van der Waals surface area (Å²) >= 11 is 23.6. The number of carbonyl (C=O) groups is 1. The Morgan fingerprint density at radius 1 is 1.09 bits per heavy atom. The van der Waals surface area contributed by atoms with E-state index in [-0.39, 0.29) is 36.5 Å². The lowest BCUT2D eigenvalue weighted by Gasteiger charge is -2.12. The zero-order chi connectivity index (χ0) is 17.1. The van der Waals surface area contributed by atoms with E-state index in [1.165, 1.54) is 12.1 Å². The largest absolute Gasteiger partial charge is 0.320 e. The lowest BCUT2D eigenvalue weighted by molar-refractivity contribution is 0.102. The minimum absolute atomic E-state index is 0.0801. The molecule has 0 saturated heterocycles. The van der Waals surface area contributed by atoms with E-state index in [1.54, 1.807) is 12.1 Å². The highest BCUT2D eigenvalue weighted by atomic mass is 35.5. The maximum absolute atomic E-state index is 12.5. The third kappa shape index (κ3) is 4.39. The summed E-state index contributed by atoms with van der Waals surface area (Å²) in [5.74, 6) is -3.38. The van der Waals surface area contributed by atoms with Crippen LogP contribution in [-0.4, -0.2) is 16.6 Å². The second kappa shape index (κ2) is 7.85. The summed E-state index contributed by atoms with van der Waals surface area (Å²) in [6.45, 7) is 0. The van der Waals surface area contributed by atoms with E-state index in [9.17, 15) is 13.6 Å². The maximum atomic E-state index is 12.5. The number of thioether (sulfide) groups is 1. The molecule has 0 saturated carbocycles. The number of halogens is 6. The number of carbonyl (C=O) groups excluding carboxylic acids is 1. The SMILES string of the molecule is O=C(Nc1ccccc1SC(F)F)c1nc(Cl)c(Cl)c(Cl)c1Cl. The number of nitrogens with one attached hydrogen (secondary N) is 1. The van der Waals surface area contributed by atoms with Crippen molar-refractivity contribution in [3.8, 4) is 0 Å². The van der Waals surface area contributed by atoms with E-state index in [1.807, 2.05) is 0 Å². The smallest absolute Gasteiger partial charge is 0.288 e. The van der Waals surface area contributed by atoms with Crippen LogP contribution in [0.1, 0.15) is 10.5 Å². The van der Waals surface area contributed by atoms with Crippen LogP contribution in [0.25, 0.3) is 0 Å². The molecule has 0 aliphatic carbocycles. The molecule has 122 valence electrons. The predicted octanol–water partition coefficient (Wildman–Crippen LogP) is 6.26. The zero-order valence-corrected chi connectivity index (χ0v) is 14.8. The molecule has 0 aliphatic rings. The van der Waals surface area contributed by atoms with Crippen molar-refractivity contribution in [1.29, 1.82) is 0 Å². The van der Waals surface area contributed by atoms with Crippen molar-refractivity contribution in [2.24, 2.45) is 0 Å². The quantitative estimate of drug-likeness (QED) is 0.471. The molecule has 2 aromatic rings. The van der Waals surface area contributed by atoms with E-state index in [4.69, 9.17) is 46.4 Å². The van der Waals surface area contributed by atoms with Gasteiger partial charge < -0.3 is 5.32 Å². The third-order valence-electron chi connectivity index (χ3n) is 2.55. The summed E-state index contributed by atoms with van der Waals surface area (Å²) in [4.78, 5) is 16.2. The number of anilines is 1. The molecule has 0 atom stereocenters. The molecule has 1 aromatic heterocycles. The van der Waals surface area contributed by atoms with E-state index in [2.05, 4.69) is 10.3 Å². The van der Waals surface area contributed by atoms with Gasteiger partial charge in [-0.25, -0.2) is 4.98 Å². The van der Waals surface area contributed by atoms with Crippen LogP contribution in [-0.2, 0) is 0 Å². The molecule has 2 rings (SSSR count). The Morgan fingerprint density at radius 3 is 2.39 bits per heavy atom. The highest BCUT2D eigenvalue weighted by molar-refractivity contribution is 7.99. The number of hydrogen-bond donors (Lipinski definition) is 1. The topological polar surface area (TPSA) is 42.0 Å². The normalized spacial score (nSPS) is 10.9. The number of nitrogens with zero attached hydrogens (tertiary/aromatic N) is 1. The van der Waals surface area contributed by atoms with E-state index >= 15 is 0 Å². The van der Waals surface area contributed by atoms with E-state index in [0.29, 0.717) is 11.8 Å². The van der Waals surface area contributed by atoms with Gasteiger partial charge in [0.05, 0.1) is 20.8 Å². The summed E-state index contributed by atoms with van der Waals surface area (Å²) < 4.78 is 25.1. The first kappa shape index (κ1) is 18.5. The molecule has 0 radical (unpaired) electrons. The summed E-state index contributed by atoms with van der Waals surface area (Å²) in [6.07, 6.45) is 0. The number of rotatable bonds is 4. The maximum Gasteiger partial charge on any atom is 0.288 e. The summed E-state index contributed by atoms with van der Waals surface area (Å²) in [5, 5.41) is 1.87. The van der Waals surface area contributed by atoms with Gasteiger partial charge in [0.2, 0.25) is 0 Å². The number of pyridine rings is 1. The Kier molecular flexibility index (Phi) is 6.33. The van der Waals surface area contributed by atoms with Gasteiger partial charge in [0, 0.05) is 4.90 Å². The van der Waals surface area contributed by atoms with Gasteiger partial charge >= 0.3 is 0 Å². The van der Waals surface area contributed by atoms with Gasteiger partial charge in [-0.3, -0.25) is 4.79 Å². The fourth-order valence-electron chi connectivity index (χ4n) is 1.59. The molecule has 0 bridgehead atoms. The number of alkyl halides is 2. The molecule has 1 N–H and O–H groups in total.